The third-order valence-electron chi connectivity index (χ3n) is 5.72. The number of nitrogens with two attached hydrogens (primary N) is 2. The summed E-state index contributed by atoms with van der Waals surface area (Å²) in [5, 5.41) is 2.92. The third kappa shape index (κ3) is 12.9. The summed E-state index contributed by atoms with van der Waals surface area (Å²) < 4.78 is 20.7. The quantitative estimate of drug-likeness (QED) is 0.222. The first kappa shape index (κ1) is 34.5. The number of hydrogen-bond donors (Lipinski definition) is 3. The van der Waals surface area contributed by atoms with E-state index in [0.717, 1.165) is 23.9 Å². The number of nitrogens with one attached hydrogen (secondary N) is 1. The Balaban J connectivity index is 0.000000399. The van der Waals surface area contributed by atoms with Gasteiger partial charge in [0.05, 0.1) is 34.8 Å². The maximum atomic E-state index is 11.9. The summed E-state index contributed by atoms with van der Waals surface area (Å²) in [6.45, 7) is 0.480. The van der Waals surface area contributed by atoms with E-state index < -0.39 is 0 Å². The average Bonchev–Trinajstić information content (AvgIpc) is 3.03. The summed E-state index contributed by atoms with van der Waals surface area (Å²) in [6, 6.07) is 21.2. The number of aryl methyl sites for hydroxylation is 2. The Labute approximate surface area is 242 Å². The lowest BCUT2D eigenvalue weighted by atomic mass is 10.1. The Morgan fingerprint density at radius 1 is 0.707 bits per heavy atom. The first-order chi connectivity index (χ1) is 19.9. The topological polar surface area (TPSA) is 147 Å². The number of benzene rings is 3. The molecule has 3 aromatic carbocycles. The van der Waals surface area contributed by atoms with E-state index in [-0.39, 0.29) is 11.8 Å². The molecular weight excluding hydrogens is 524 g/mol. The van der Waals surface area contributed by atoms with Gasteiger partial charge < -0.3 is 35.7 Å². The molecule has 0 saturated carbocycles. The van der Waals surface area contributed by atoms with E-state index in [4.69, 9.17) is 24.7 Å². The van der Waals surface area contributed by atoms with Gasteiger partial charge in [0, 0.05) is 19.4 Å². The number of carbonyl (C=O) groups excluding carboxylic acids is 2. The summed E-state index contributed by atoms with van der Waals surface area (Å²) in [7, 11) is 7.85. The molecule has 222 valence electrons. The second-order valence-electron chi connectivity index (χ2n) is 8.31. The first-order valence-electron chi connectivity index (χ1n) is 13.0. The van der Waals surface area contributed by atoms with Gasteiger partial charge in [-0.05, 0) is 60.8 Å². The van der Waals surface area contributed by atoms with Crippen molar-refractivity contribution < 1.29 is 28.5 Å². The number of amides is 2. The molecule has 0 aliphatic rings. The predicted molar refractivity (Wildman–Crippen MR) is 162 cm³/mol. The molecule has 3 rings (SSSR count). The molecule has 41 heavy (non-hydrogen) atoms. The molecule has 5 N–H and O–H groups in total. The second-order valence-corrected chi connectivity index (χ2v) is 8.31. The Kier molecular flexibility index (Phi) is 17.1. The number of rotatable bonds is 12. The smallest absolute Gasteiger partial charge is 0.247 e. The second kappa shape index (κ2) is 20.3. The van der Waals surface area contributed by atoms with E-state index >= 15 is 0 Å². The van der Waals surface area contributed by atoms with Gasteiger partial charge >= 0.3 is 0 Å². The van der Waals surface area contributed by atoms with Crippen molar-refractivity contribution in [3.8, 4) is 23.0 Å². The maximum Gasteiger partial charge on any atom is 0.247 e. The van der Waals surface area contributed by atoms with Crippen molar-refractivity contribution in [2.75, 3.05) is 35.5 Å². The van der Waals surface area contributed by atoms with Gasteiger partial charge in [0.15, 0.2) is 23.0 Å². The minimum Gasteiger partial charge on any atom is -0.493 e. The van der Waals surface area contributed by atoms with Crippen molar-refractivity contribution in [3.05, 3.63) is 83.4 Å². The van der Waals surface area contributed by atoms with E-state index in [1.807, 2.05) is 66.7 Å². The largest absolute Gasteiger partial charge is 0.493 e. The van der Waals surface area contributed by atoms with E-state index in [0.29, 0.717) is 48.8 Å². The standard InChI is InChI=1S/C18H21NO3.C12H16N2O3.CH5N/c1-21-16-10-8-15(12-17(16)22-2)13-19-18(20)11-9-14-6-4-3-5-7-14;1-16-10-5-3-9(7-11(10)17-2)4-6-12(15)14-8-13;1-2/h3-8,10,12H,9,11,13H2,1-2H3,(H,19,20);3,5,7-8H,4,6H2,1-2H3,(H2,13,14,15);2H2,1H3. The van der Waals surface area contributed by atoms with Crippen molar-refractivity contribution >= 4 is 18.2 Å². The summed E-state index contributed by atoms with van der Waals surface area (Å²) in [6.07, 6.45) is 3.16. The fourth-order valence-electron chi connectivity index (χ4n) is 3.62. The van der Waals surface area contributed by atoms with Crippen molar-refractivity contribution in [1.29, 1.82) is 0 Å². The van der Waals surface area contributed by atoms with Crippen molar-refractivity contribution in [3.63, 3.8) is 0 Å². The van der Waals surface area contributed by atoms with Crippen molar-refractivity contribution in [1.82, 2.24) is 5.32 Å². The van der Waals surface area contributed by atoms with Crippen molar-refractivity contribution in [2.45, 2.75) is 32.2 Å². The van der Waals surface area contributed by atoms with Gasteiger partial charge in [0.2, 0.25) is 11.8 Å². The molecule has 2 amide bonds. The van der Waals surface area contributed by atoms with Crippen molar-refractivity contribution in [2.24, 2.45) is 16.5 Å². The molecule has 0 radical (unpaired) electrons. The lowest BCUT2D eigenvalue weighted by Crippen LogP contribution is -2.23. The monoisotopic (exact) mass is 566 g/mol. The van der Waals surface area contributed by atoms with Gasteiger partial charge in [-0.1, -0.05) is 42.5 Å². The number of hydrogen-bond acceptors (Lipinski definition) is 7. The molecule has 0 aliphatic carbocycles. The van der Waals surface area contributed by atoms with Crippen LogP contribution in [-0.4, -0.2) is 53.6 Å². The van der Waals surface area contributed by atoms with Crippen LogP contribution in [0.25, 0.3) is 0 Å². The Bertz CT molecular complexity index is 1220. The fourth-order valence-corrected chi connectivity index (χ4v) is 3.62. The fraction of sp³-hybridized carbons (Fsp3) is 0.323. The minimum atomic E-state index is -0.234. The van der Waals surface area contributed by atoms with Gasteiger partial charge in [0.25, 0.3) is 0 Å². The van der Waals surface area contributed by atoms with Crippen LogP contribution in [0.1, 0.15) is 29.5 Å². The van der Waals surface area contributed by atoms with Gasteiger partial charge in [-0.2, -0.15) is 0 Å². The van der Waals surface area contributed by atoms with Crippen LogP contribution in [0.3, 0.4) is 0 Å². The summed E-state index contributed by atoms with van der Waals surface area (Å²) in [5.74, 6) is 2.48. The zero-order chi connectivity index (χ0) is 30.5. The molecule has 10 nitrogen and oxygen atoms in total. The van der Waals surface area contributed by atoms with Crippen LogP contribution < -0.4 is 35.7 Å². The molecule has 3 aromatic rings. The molecule has 0 unspecified atom stereocenters. The number of nitrogens with zero attached hydrogens (tertiary/aromatic N) is 1. The highest BCUT2D eigenvalue weighted by molar-refractivity contribution is 5.84. The van der Waals surface area contributed by atoms with E-state index in [1.165, 1.54) is 12.6 Å². The molecule has 0 bridgehead atoms. The third-order valence-corrected chi connectivity index (χ3v) is 5.72. The molecule has 0 aliphatic heterocycles. The molecule has 10 heteroatoms. The SMILES string of the molecule is CN.COc1ccc(CCC(=O)N=CN)cc1OC.COc1ccc(CNC(=O)CCc2ccccc2)cc1OC. The molecule has 0 heterocycles. The Hall–Kier alpha value is -4.57. The van der Waals surface area contributed by atoms with Crippen LogP contribution in [0.5, 0.6) is 23.0 Å². The van der Waals surface area contributed by atoms with Crippen LogP contribution in [0.15, 0.2) is 71.7 Å². The Morgan fingerprint density at radius 3 is 1.76 bits per heavy atom. The van der Waals surface area contributed by atoms with E-state index in [9.17, 15) is 9.59 Å². The number of ether oxygens (including phenoxy) is 4. The van der Waals surface area contributed by atoms with Crippen LogP contribution in [0, 0.1) is 0 Å². The van der Waals surface area contributed by atoms with Gasteiger partial charge in [-0.3, -0.25) is 9.59 Å². The van der Waals surface area contributed by atoms with E-state index in [2.05, 4.69) is 16.0 Å². The number of methoxy groups -OCH3 is 4. The minimum absolute atomic E-state index is 0.0404. The van der Waals surface area contributed by atoms with Crippen LogP contribution in [-0.2, 0) is 29.0 Å². The van der Waals surface area contributed by atoms with E-state index in [1.54, 1.807) is 28.4 Å². The first-order valence-corrected chi connectivity index (χ1v) is 13.0. The predicted octanol–water partition coefficient (Wildman–Crippen LogP) is 3.68. The highest BCUT2D eigenvalue weighted by Crippen LogP contribution is 2.28. The summed E-state index contributed by atoms with van der Waals surface area (Å²) in [5.41, 5.74) is 12.7. The molecule has 0 atom stereocenters. The van der Waals surface area contributed by atoms with Gasteiger partial charge in [-0.25, -0.2) is 4.99 Å². The van der Waals surface area contributed by atoms with Crippen LogP contribution >= 0.6 is 0 Å². The van der Waals surface area contributed by atoms with Gasteiger partial charge in [-0.15, -0.1) is 0 Å². The molecule has 0 saturated heterocycles. The summed E-state index contributed by atoms with van der Waals surface area (Å²) in [4.78, 5) is 26.5. The number of carbonyl (C=O) groups is 2. The Morgan fingerprint density at radius 2 is 1.22 bits per heavy atom. The zero-order valence-corrected chi connectivity index (χ0v) is 24.5. The van der Waals surface area contributed by atoms with Crippen LogP contribution in [0.4, 0.5) is 0 Å². The molecule has 0 spiro atoms. The molecule has 0 aromatic heterocycles. The zero-order valence-electron chi connectivity index (χ0n) is 24.5. The van der Waals surface area contributed by atoms with Crippen LogP contribution in [0.2, 0.25) is 0 Å². The lowest BCUT2D eigenvalue weighted by Gasteiger charge is -2.10. The maximum absolute atomic E-state index is 11.9. The highest BCUT2D eigenvalue weighted by atomic mass is 16.5. The normalized spacial score (nSPS) is 9.90. The van der Waals surface area contributed by atoms with Gasteiger partial charge in [0.1, 0.15) is 0 Å². The number of aliphatic imine (C=N–C) groups is 1. The molecular formula is C31H42N4O6. The molecule has 0 fully saturated rings. The average molecular weight is 567 g/mol. The summed E-state index contributed by atoms with van der Waals surface area (Å²) >= 11 is 0. The highest BCUT2D eigenvalue weighted by Gasteiger charge is 2.07. The lowest BCUT2D eigenvalue weighted by molar-refractivity contribution is -0.121.